The molecule has 0 spiro atoms. The van der Waals surface area contributed by atoms with Crippen molar-refractivity contribution in [3.63, 3.8) is 0 Å². The van der Waals surface area contributed by atoms with Crippen LogP contribution in [0.1, 0.15) is 30.9 Å². The second-order valence-corrected chi connectivity index (χ2v) is 4.52. The van der Waals surface area contributed by atoms with Crippen LogP contribution < -0.4 is 5.32 Å². The predicted molar refractivity (Wildman–Crippen MR) is 69.9 cm³/mol. The van der Waals surface area contributed by atoms with E-state index in [0.717, 1.165) is 30.6 Å². The first kappa shape index (κ1) is 13.5. The van der Waals surface area contributed by atoms with Gasteiger partial charge in [0.1, 0.15) is 6.07 Å². The van der Waals surface area contributed by atoms with Crippen LogP contribution in [0.4, 0.5) is 5.69 Å². The molecular formula is C14H20N2O. The molecule has 3 heteroatoms. The Morgan fingerprint density at radius 2 is 2.24 bits per heavy atom. The second-order valence-electron chi connectivity index (χ2n) is 4.52. The lowest BCUT2D eigenvalue weighted by Gasteiger charge is -2.11. The third-order valence-corrected chi connectivity index (χ3v) is 2.80. The third-order valence-electron chi connectivity index (χ3n) is 2.80. The Morgan fingerprint density at radius 3 is 2.88 bits per heavy atom. The first-order valence-corrected chi connectivity index (χ1v) is 6.03. The molecule has 3 nitrogen and oxygen atoms in total. The highest BCUT2D eigenvalue weighted by Crippen LogP contribution is 2.16. The van der Waals surface area contributed by atoms with E-state index in [1.165, 1.54) is 0 Å². The largest absolute Gasteiger partial charge is 0.396 e. The normalized spacial score (nSPS) is 11.9. The fourth-order valence-corrected chi connectivity index (χ4v) is 1.67. The van der Waals surface area contributed by atoms with Crippen LogP contribution >= 0.6 is 0 Å². The van der Waals surface area contributed by atoms with Crippen LogP contribution in [0.15, 0.2) is 18.2 Å². The predicted octanol–water partition coefficient (Wildman–Crippen LogP) is 2.69. The standard InChI is InChI=1S/C14H20N2O/c1-11-5-6-13(9-15)14(8-11)16-7-3-4-12(2)10-17/h5-6,8,12,16-17H,3-4,7,10H2,1-2H3. The fourth-order valence-electron chi connectivity index (χ4n) is 1.67. The van der Waals surface area contributed by atoms with E-state index in [1.54, 1.807) is 0 Å². The first-order chi connectivity index (χ1) is 8.17. The van der Waals surface area contributed by atoms with Crippen LogP contribution in [0, 0.1) is 24.2 Å². The summed E-state index contributed by atoms with van der Waals surface area (Å²) in [5.74, 6) is 0.352. The molecule has 0 saturated carbocycles. The van der Waals surface area contributed by atoms with Gasteiger partial charge < -0.3 is 10.4 Å². The molecule has 1 atom stereocenters. The molecule has 0 bridgehead atoms. The smallest absolute Gasteiger partial charge is 0.101 e. The van der Waals surface area contributed by atoms with Crippen molar-refractivity contribution in [1.29, 1.82) is 5.26 Å². The van der Waals surface area contributed by atoms with Crippen molar-refractivity contribution < 1.29 is 5.11 Å². The molecule has 92 valence electrons. The summed E-state index contributed by atoms with van der Waals surface area (Å²) in [4.78, 5) is 0. The van der Waals surface area contributed by atoms with Crippen LogP contribution in [-0.4, -0.2) is 18.3 Å². The van der Waals surface area contributed by atoms with Gasteiger partial charge in [0.25, 0.3) is 0 Å². The van der Waals surface area contributed by atoms with Gasteiger partial charge in [0.15, 0.2) is 0 Å². The van der Waals surface area contributed by atoms with Gasteiger partial charge in [0, 0.05) is 13.2 Å². The van der Waals surface area contributed by atoms with Crippen molar-refractivity contribution in [1.82, 2.24) is 0 Å². The van der Waals surface area contributed by atoms with Crippen molar-refractivity contribution >= 4 is 5.69 Å². The van der Waals surface area contributed by atoms with Gasteiger partial charge in [-0.05, 0) is 43.4 Å². The van der Waals surface area contributed by atoms with Crippen LogP contribution in [-0.2, 0) is 0 Å². The molecule has 0 saturated heterocycles. The van der Waals surface area contributed by atoms with E-state index in [9.17, 15) is 0 Å². The van der Waals surface area contributed by atoms with Crippen LogP contribution in [0.2, 0.25) is 0 Å². The zero-order valence-corrected chi connectivity index (χ0v) is 10.5. The molecular weight excluding hydrogens is 212 g/mol. The van der Waals surface area contributed by atoms with E-state index in [-0.39, 0.29) is 6.61 Å². The molecule has 1 unspecified atom stereocenters. The summed E-state index contributed by atoms with van der Waals surface area (Å²) in [7, 11) is 0. The van der Waals surface area contributed by atoms with Gasteiger partial charge in [0.2, 0.25) is 0 Å². The number of nitrogens with zero attached hydrogens (tertiary/aromatic N) is 1. The molecule has 0 fully saturated rings. The Balaban J connectivity index is 2.46. The van der Waals surface area contributed by atoms with E-state index in [1.807, 2.05) is 32.0 Å². The number of nitrogens with one attached hydrogen (secondary N) is 1. The summed E-state index contributed by atoms with van der Waals surface area (Å²) < 4.78 is 0. The van der Waals surface area contributed by atoms with Crippen LogP contribution in [0.5, 0.6) is 0 Å². The number of nitriles is 1. The molecule has 1 aromatic carbocycles. The number of aryl methyl sites for hydroxylation is 1. The number of rotatable bonds is 6. The SMILES string of the molecule is Cc1ccc(C#N)c(NCCCC(C)CO)c1. The average molecular weight is 232 g/mol. The highest BCUT2D eigenvalue weighted by Gasteiger charge is 2.02. The molecule has 0 aliphatic carbocycles. The topological polar surface area (TPSA) is 56.0 Å². The Morgan fingerprint density at radius 1 is 1.47 bits per heavy atom. The highest BCUT2D eigenvalue weighted by atomic mass is 16.3. The summed E-state index contributed by atoms with van der Waals surface area (Å²) in [5, 5.41) is 21.2. The van der Waals surface area contributed by atoms with Crippen molar-refractivity contribution in [2.24, 2.45) is 5.92 Å². The number of aliphatic hydroxyl groups is 1. The summed E-state index contributed by atoms with van der Waals surface area (Å²) in [6, 6.07) is 7.96. The van der Waals surface area contributed by atoms with E-state index >= 15 is 0 Å². The maximum absolute atomic E-state index is 8.97. The zero-order chi connectivity index (χ0) is 12.7. The first-order valence-electron chi connectivity index (χ1n) is 6.03. The van der Waals surface area contributed by atoms with Crippen molar-refractivity contribution in [3.8, 4) is 6.07 Å². The van der Waals surface area contributed by atoms with Gasteiger partial charge in [-0.3, -0.25) is 0 Å². The number of hydrogen-bond donors (Lipinski definition) is 2. The lowest BCUT2D eigenvalue weighted by molar-refractivity contribution is 0.229. The number of aliphatic hydroxyl groups excluding tert-OH is 1. The number of benzene rings is 1. The molecule has 17 heavy (non-hydrogen) atoms. The molecule has 0 aliphatic rings. The minimum Gasteiger partial charge on any atom is -0.396 e. The monoisotopic (exact) mass is 232 g/mol. The van der Waals surface area contributed by atoms with Gasteiger partial charge in [-0.1, -0.05) is 13.0 Å². The minimum atomic E-state index is 0.244. The molecule has 0 aliphatic heterocycles. The van der Waals surface area contributed by atoms with E-state index in [0.29, 0.717) is 11.5 Å². The Bertz CT molecular complexity index is 396. The van der Waals surface area contributed by atoms with Crippen molar-refractivity contribution in [3.05, 3.63) is 29.3 Å². The highest BCUT2D eigenvalue weighted by molar-refractivity contribution is 5.58. The number of hydrogen-bond acceptors (Lipinski definition) is 3. The van der Waals surface area contributed by atoms with Crippen molar-refractivity contribution in [2.45, 2.75) is 26.7 Å². The summed E-state index contributed by atoms with van der Waals surface area (Å²) in [6.07, 6.45) is 2.00. The summed E-state index contributed by atoms with van der Waals surface area (Å²) in [5.41, 5.74) is 2.74. The van der Waals surface area contributed by atoms with Gasteiger partial charge in [-0.25, -0.2) is 0 Å². The lowest BCUT2D eigenvalue weighted by Crippen LogP contribution is -2.07. The molecule has 2 N–H and O–H groups in total. The maximum atomic E-state index is 8.97. The summed E-state index contributed by atoms with van der Waals surface area (Å²) >= 11 is 0. The molecule has 0 amide bonds. The molecule has 1 rings (SSSR count). The quantitative estimate of drug-likeness (QED) is 0.741. The third kappa shape index (κ3) is 4.46. The second kappa shape index (κ2) is 6.93. The zero-order valence-electron chi connectivity index (χ0n) is 10.5. The van der Waals surface area contributed by atoms with E-state index in [4.69, 9.17) is 10.4 Å². The fraction of sp³-hybridized carbons (Fsp3) is 0.500. The average Bonchev–Trinajstić information content (AvgIpc) is 2.34. The van der Waals surface area contributed by atoms with Gasteiger partial charge >= 0.3 is 0 Å². The Labute approximate surface area is 103 Å². The van der Waals surface area contributed by atoms with E-state index in [2.05, 4.69) is 11.4 Å². The molecule has 0 heterocycles. The van der Waals surface area contributed by atoms with E-state index < -0.39 is 0 Å². The van der Waals surface area contributed by atoms with Crippen molar-refractivity contribution in [2.75, 3.05) is 18.5 Å². The van der Waals surface area contributed by atoms with Crippen LogP contribution in [0.25, 0.3) is 0 Å². The van der Waals surface area contributed by atoms with Gasteiger partial charge in [0.05, 0.1) is 11.3 Å². The molecule has 0 radical (unpaired) electrons. The Kier molecular flexibility index (Phi) is 5.51. The lowest BCUT2D eigenvalue weighted by atomic mass is 10.1. The maximum Gasteiger partial charge on any atom is 0.101 e. The van der Waals surface area contributed by atoms with Gasteiger partial charge in [-0.15, -0.1) is 0 Å². The Hall–Kier alpha value is -1.53. The van der Waals surface area contributed by atoms with Crippen LogP contribution in [0.3, 0.4) is 0 Å². The van der Waals surface area contributed by atoms with Gasteiger partial charge in [-0.2, -0.15) is 5.26 Å². The number of anilines is 1. The molecule has 0 aromatic heterocycles. The molecule has 1 aromatic rings. The minimum absolute atomic E-state index is 0.244. The summed E-state index contributed by atoms with van der Waals surface area (Å²) in [6.45, 7) is 5.13.